The van der Waals surface area contributed by atoms with Gasteiger partial charge in [0.1, 0.15) is 30.5 Å². The molecule has 5 heteroatoms. The summed E-state index contributed by atoms with van der Waals surface area (Å²) in [6.45, 7) is -0.408. The maximum absolute atomic E-state index is 9.86. The van der Waals surface area contributed by atoms with E-state index in [9.17, 15) is 15.3 Å². The average molecular weight is 240 g/mol. The number of benzene rings is 1. The summed E-state index contributed by atoms with van der Waals surface area (Å²) in [5.41, 5.74) is 0.699. The third-order valence-electron chi connectivity index (χ3n) is 3.02. The first-order chi connectivity index (χ1) is 8.15. The predicted octanol–water partition coefficient (Wildman–Crippen LogP) is -0.799. The van der Waals surface area contributed by atoms with E-state index in [4.69, 9.17) is 9.84 Å². The van der Waals surface area contributed by atoms with Crippen LogP contribution in [0.1, 0.15) is 11.7 Å². The van der Waals surface area contributed by atoms with Crippen LogP contribution in [-0.4, -0.2) is 51.4 Å². The first-order valence-electron chi connectivity index (χ1n) is 5.50. The number of hydrogen-bond acceptors (Lipinski definition) is 5. The van der Waals surface area contributed by atoms with Crippen molar-refractivity contribution in [2.75, 3.05) is 6.61 Å². The van der Waals surface area contributed by atoms with E-state index in [0.29, 0.717) is 5.56 Å². The van der Waals surface area contributed by atoms with Crippen molar-refractivity contribution in [1.29, 1.82) is 0 Å². The van der Waals surface area contributed by atoms with Crippen molar-refractivity contribution in [2.45, 2.75) is 30.5 Å². The minimum absolute atomic E-state index is 0.408. The smallest absolute Gasteiger partial charge is 0.113 e. The van der Waals surface area contributed by atoms with Crippen LogP contribution < -0.4 is 0 Å². The summed E-state index contributed by atoms with van der Waals surface area (Å²) in [7, 11) is 0. The Balaban J connectivity index is 2.23. The Kier molecular flexibility index (Phi) is 3.76. The van der Waals surface area contributed by atoms with E-state index in [1.165, 1.54) is 0 Å². The minimum Gasteiger partial charge on any atom is -0.394 e. The molecule has 0 amide bonds. The quantitative estimate of drug-likeness (QED) is 0.543. The summed E-state index contributed by atoms with van der Waals surface area (Å²) < 4.78 is 5.41. The fraction of sp³-hybridized carbons (Fsp3) is 0.500. The van der Waals surface area contributed by atoms with E-state index < -0.39 is 37.1 Å². The molecular weight excluding hydrogens is 224 g/mol. The van der Waals surface area contributed by atoms with Crippen LogP contribution in [0, 0.1) is 0 Å². The van der Waals surface area contributed by atoms with E-state index in [0.717, 1.165) is 0 Å². The Morgan fingerprint density at radius 2 is 1.59 bits per heavy atom. The lowest BCUT2D eigenvalue weighted by molar-refractivity contribution is -0.231. The van der Waals surface area contributed by atoms with Crippen molar-refractivity contribution in [3.8, 4) is 0 Å². The molecule has 1 heterocycles. The molecule has 0 unspecified atom stereocenters. The van der Waals surface area contributed by atoms with Crippen LogP contribution >= 0.6 is 0 Å². The predicted molar refractivity (Wildman–Crippen MR) is 59.2 cm³/mol. The standard InChI is InChI=1S/C12H16O5/c13-6-8-9(14)10(15)11(16)12(17-8)7-4-2-1-3-5-7/h1-5,8-16H,6H2/t8-,9-,10+,11-,12+/m1/s1. The highest BCUT2D eigenvalue weighted by Crippen LogP contribution is 2.31. The highest BCUT2D eigenvalue weighted by Gasteiger charge is 2.43. The maximum Gasteiger partial charge on any atom is 0.113 e. The summed E-state index contributed by atoms with van der Waals surface area (Å²) in [5.74, 6) is 0. The summed E-state index contributed by atoms with van der Waals surface area (Å²) in [6, 6.07) is 8.92. The molecule has 5 atom stereocenters. The molecule has 94 valence electrons. The Hall–Kier alpha value is -0.980. The Morgan fingerprint density at radius 3 is 2.18 bits per heavy atom. The lowest BCUT2D eigenvalue weighted by atomic mass is 9.91. The molecule has 0 spiro atoms. The van der Waals surface area contributed by atoms with Crippen LogP contribution in [0.4, 0.5) is 0 Å². The molecule has 1 aromatic rings. The normalized spacial score (nSPS) is 38.0. The van der Waals surface area contributed by atoms with Gasteiger partial charge >= 0.3 is 0 Å². The molecule has 4 N–H and O–H groups in total. The van der Waals surface area contributed by atoms with Crippen molar-refractivity contribution < 1.29 is 25.2 Å². The molecule has 1 aliphatic rings. The van der Waals surface area contributed by atoms with Crippen LogP contribution in [0.3, 0.4) is 0 Å². The van der Waals surface area contributed by atoms with E-state index in [1.807, 2.05) is 6.07 Å². The first-order valence-corrected chi connectivity index (χ1v) is 5.50. The van der Waals surface area contributed by atoms with E-state index in [-0.39, 0.29) is 0 Å². The number of aliphatic hydroxyl groups excluding tert-OH is 4. The molecule has 2 rings (SSSR count). The Morgan fingerprint density at radius 1 is 0.941 bits per heavy atom. The van der Waals surface area contributed by atoms with Crippen molar-refractivity contribution >= 4 is 0 Å². The maximum atomic E-state index is 9.86. The van der Waals surface area contributed by atoms with Crippen LogP contribution in [-0.2, 0) is 4.74 Å². The lowest BCUT2D eigenvalue weighted by Crippen LogP contribution is -2.55. The molecule has 1 aromatic carbocycles. The molecule has 0 saturated carbocycles. The third kappa shape index (κ3) is 2.34. The van der Waals surface area contributed by atoms with Crippen molar-refractivity contribution in [3.63, 3.8) is 0 Å². The average Bonchev–Trinajstić information content (AvgIpc) is 2.37. The number of rotatable bonds is 2. The van der Waals surface area contributed by atoms with Gasteiger partial charge in [-0.25, -0.2) is 0 Å². The largest absolute Gasteiger partial charge is 0.394 e. The zero-order chi connectivity index (χ0) is 12.4. The van der Waals surface area contributed by atoms with Gasteiger partial charge in [-0.2, -0.15) is 0 Å². The monoisotopic (exact) mass is 240 g/mol. The Bertz CT molecular complexity index is 353. The van der Waals surface area contributed by atoms with Gasteiger partial charge in [0.25, 0.3) is 0 Å². The summed E-state index contributed by atoms with van der Waals surface area (Å²) in [5, 5.41) is 38.2. The summed E-state index contributed by atoms with van der Waals surface area (Å²) in [4.78, 5) is 0. The van der Waals surface area contributed by atoms with Crippen LogP contribution in [0.15, 0.2) is 30.3 Å². The highest BCUT2D eigenvalue weighted by atomic mass is 16.5. The van der Waals surface area contributed by atoms with Gasteiger partial charge in [-0.05, 0) is 5.56 Å². The molecule has 0 aromatic heterocycles. The molecule has 17 heavy (non-hydrogen) atoms. The molecular formula is C12H16O5. The van der Waals surface area contributed by atoms with Gasteiger partial charge in [0, 0.05) is 0 Å². The van der Waals surface area contributed by atoms with Crippen molar-refractivity contribution in [1.82, 2.24) is 0 Å². The van der Waals surface area contributed by atoms with Crippen LogP contribution in [0.5, 0.6) is 0 Å². The van der Waals surface area contributed by atoms with Gasteiger partial charge < -0.3 is 25.2 Å². The number of ether oxygens (including phenoxy) is 1. The molecule has 5 nitrogen and oxygen atoms in total. The topological polar surface area (TPSA) is 90.2 Å². The van der Waals surface area contributed by atoms with Gasteiger partial charge in [0.2, 0.25) is 0 Å². The number of hydrogen-bond donors (Lipinski definition) is 4. The molecule has 0 radical (unpaired) electrons. The van der Waals surface area contributed by atoms with Crippen molar-refractivity contribution in [2.24, 2.45) is 0 Å². The lowest BCUT2D eigenvalue weighted by Gasteiger charge is -2.40. The molecule has 0 aliphatic carbocycles. The molecule has 0 bridgehead atoms. The third-order valence-corrected chi connectivity index (χ3v) is 3.02. The second kappa shape index (κ2) is 5.12. The van der Waals surface area contributed by atoms with Crippen molar-refractivity contribution in [3.05, 3.63) is 35.9 Å². The SMILES string of the molecule is OC[C@H]1O[C@@H](c2ccccc2)[C@H](O)[C@@H](O)[C@@H]1O. The van der Waals surface area contributed by atoms with Gasteiger partial charge in [0.15, 0.2) is 0 Å². The molecule has 1 fully saturated rings. The molecule has 1 saturated heterocycles. The van der Waals surface area contributed by atoms with E-state index in [2.05, 4.69) is 0 Å². The van der Waals surface area contributed by atoms with Gasteiger partial charge in [-0.15, -0.1) is 0 Å². The van der Waals surface area contributed by atoms with Crippen LogP contribution in [0.25, 0.3) is 0 Å². The summed E-state index contributed by atoms with van der Waals surface area (Å²) in [6.07, 6.45) is -5.46. The van der Waals surface area contributed by atoms with E-state index in [1.54, 1.807) is 24.3 Å². The summed E-state index contributed by atoms with van der Waals surface area (Å²) >= 11 is 0. The Labute approximate surface area is 98.9 Å². The van der Waals surface area contributed by atoms with Gasteiger partial charge in [-0.3, -0.25) is 0 Å². The fourth-order valence-corrected chi connectivity index (χ4v) is 2.02. The second-order valence-corrected chi connectivity index (χ2v) is 4.16. The number of aliphatic hydroxyl groups is 4. The van der Waals surface area contributed by atoms with Gasteiger partial charge in [-0.1, -0.05) is 30.3 Å². The second-order valence-electron chi connectivity index (χ2n) is 4.16. The fourth-order valence-electron chi connectivity index (χ4n) is 2.02. The highest BCUT2D eigenvalue weighted by molar-refractivity contribution is 5.20. The van der Waals surface area contributed by atoms with Crippen LogP contribution in [0.2, 0.25) is 0 Å². The zero-order valence-corrected chi connectivity index (χ0v) is 9.18. The molecule has 1 aliphatic heterocycles. The van der Waals surface area contributed by atoms with Gasteiger partial charge in [0.05, 0.1) is 6.61 Å². The minimum atomic E-state index is -1.33. The zero-order valence-electron chi connectivity index (χ0n) is 9.18. The first kappa shape index (κ1) is 12.5. The van der Waals surface area contributed by atoms with E-state index >= 15 is 0 Å².